The minimum atomic E-state index is -4.52. The summed E-state index contributed by atoms with van der Waals surface area (Å²) in [7, 11) is -3.90. The molecule has 1 aliphatic heterocycles. The fraction of sp³-hybridized carbons (Fsp3) is 0.444. The second-order valence-corrected chi connectivity index (χ2v) is 8.62. The molecule has 2 aromatic rings. The van der Waals surface area contributed by atoms with Gasteiger partial charge in [-0.2, -0.15) is 22.6 Å². The van der Waals surface area contributed by atoms with E-state index in [1.54, 1.807) is 21.8 Å². The largest absolute Gasteiger partial charge is 0.416 e. The molecule has 1 aromatic heterocycles. The molecule has 0 radical (unpaired) electrons. The Balaban J connectivity index is 1.53. The summed E-state index contributed by atoms with van der Waals surface area (Å²) in [6, 6.07) is 5.24. The van der Waals surface area contributed by atoms with Gasteiger partial charge in [-0.1, -0.05) is 0 Å². The van der Waals surface area contributed by atoms with Gasteiger partial charge >= 0.3 is 6.18 Å². The molecule has 1 aromatic carbocycles. The summed E-state index contributed by atoms with van der Waals surface area (Å²) in [6.45, 7) is 1.34. The minimum Gasteiger partial charge on any atom is -0.340 e. The van der Waals surface area contributed by atoms with E-state index in [1.807, 2.05) is 6.20 Å². The number of hydrogen-bond donors (Lipinski definition) is 0. The SMILES string of the molecule is O=C(CCCn1cccn1)N1CCN(S(=O)(=O)c2ccc(C(F)(F)F)cc2)CC1. The smallest absolute Gasteiger partial charge is 0.340 e. The normalized spacial score (nSPS) is 16.2. The summed E-state index contributed by atoms with van der Waals surface area (Å²) in [6.07, 6.45) is -0.0741. The molecule has 0 unspecified atom stereocenters. The van der Waals surface area contributed by atoms with Crippen molar-refractivity contribution in [2.75, 3.05) is 26.2 Å². The van der Waals surface area contributed by atoms with Crippen molar-refractivity contribution in [3.63, 3.8) is 0 Å². The number of halogens is 3. The second-order valence-electron chi connectivity index (χ2n) is 6.68. The Morgan fingerprint density at radius 3 is 2.28 bits per heavy atom. The number of aromatic nitrogens is 2. The van der Waals surface area contributed by atoms with Gasteiger partial charge < -0.3 is 4.90 Å². The first kappa shape index (κ1) is 21.3. The van der Waals surface area contributed by atoms with Gasteiger partial charge in [0.05, 0.1) is 10.5 Å². The number of carbonyl (C=O) groups excluding carboxylic acids is 1. The maximum atomic E-state index is 12.7. The maximum Gasteiger partial charge on any atom is 0.416 e. The van der Waals surface area contributed by atoms with E-state index in [-0.39, 0.29) is 37.0 Å². The van der Waals surface area contributed by atoms with Gasteiger partial charge in [-0.15, -0.1) is 0 Å². The average molecular weight is 430 g/mol. The van der Waals surface area contributed by atoms with Crippen molar-refractivity contribution in [3.8, 4) is 0 Å². The van der Waals surface area contributed by atoms with Crippen molar-refractivity contribution < 1.29 is 26.4 Å². The highest BCUT2D eigenvalue weighted by Crippen LogP contribution is 2.30. The lowest BCUT2D eigenvalue weighted by molar-refractivity contribution is -0.137. The molecular weight excluding hydrogens is 409 g/mol. The highest BCUT2D eigenvalue weighted by molar-refractivity contribution is 7.89. The van der Waals surface area contributed by atoms with Crippen LogP contribution in [0.25, 0.3) is 0 Å². The lowest BCUT2D eigenvalue weighted by Gasteiger charge is -2.34. The molecule has 0 aliphatic carbocycles. The third-order valence-electron chi connectivity index (χ3n) is 4.75. The van der Waals surface area contributed by atoms with Gasteiger partial charge in [-0.3, -0.25) is 9.48 Å². The van der Waals surface area contributed by atoms with E-state index in [0.717, 1.165) is 24.3 Å². The van der Waals surface area contributed by atoms with Crippen LogP contribution in [0.5, 0.6) is 0 Å². The molecule has 1 saturated heterocycles. The number of aryl methyl sites for hydroxylation is 1. The van der Waals surface area contributed by atoms with Crippen molar-refractivity contribution in [1.29, 1.82) is 0 Å². The summed E-state index contributed by atoms with van der Waals surface area (Å²) in [5.74, 6) is -0.0521. The zero-order valence-electron chi connectivity index (χ0n) is 15.5. The molecule has 29 heavy (non-hydrogen) atoms. The van der Waals surface area contributed by atoms with Crippen LogP contribution in [0.1, 0.15) is 18.4 Å². The van der Waals surface area contributed by atoms with Crippen LogP contribution in [0.4, 0.5) is 13.2 Å². The van der Waals surface area contributed by atoms with Crippen LogP contribution in [0.2, 0.25) is 0 Å². The molecule has 0 saturated carbocycles. The van der Waals surface area contributed by atoms with Gasteiger partial charge in [0.2, 0.25) is 15.9 Å². The van der Waals surface area contributed by atoms with E-state index in [2.05, 4.69) is 5.10 Å². The summed E-state index contributed by atoms with van der Waals surface area (Å²) in [5, 5.41) is 4.07. The number of sulfonamides is 1. The number of carbonyl (C=O) groups is 1. The number of hydrogen-bond acceptors (Lipinski definition) is 4. The Morgan fingerprint density at radius 2 is 1.72 bits per heavy atom. The van der Waals surface area contributed by atoms with Gasteiger partial charge in [0.25, 0.3) is 0 Å². The molecule has 2 heterocycles. The van der Waals surface area contributed by atoms with E-state index in [9.17, 15) is 26.4 Å². The van der Waals surface area contributed by atoms with Gasteiger partial charge in [0, 0.05) is 51.5 Å². The summed E-state index contributed by atoms with van der Waals surface area (Å²) >= 11 is 0. The molecule has 3 rings (SSSR count). The van der Waals surface area contributed by atoms with Crippen LogP contribution in [0, 0.1) is 0 Å². The zero-order chi connectivity index (χ0) is 21.1. The molecule has 0 N–H and O–H groups in total. The van der Waals surface area contributed by atoms with Crippen LogP contribution < -0.4 is 0 Å². The molecule has 0 spiro atoms. The topological polar surface area (TPSA) is 75.5 Å². The molecule has 1 aliphatic rings. The van der Waals surface area contributed by atoms with E-state index in [1.165, 1.54) is 4.31 Å². The molecular formula is C18H21F3N4O3S. The predicted octanol–water partition coefficient (Wildman–Crippen LogP) is 2.22. The Kier molecular flexibility index (Phi) is 6.27. The molecule has 0 atom stereocenters. The number of piperazine rings is 1. The molecule has 0 bridgehead atoms. The van der Waals surface area contributed by atoms with E-state index in [4.69, 9.17) is 0 Å². The van der Waals surface area contributed by atoms with Crippen molar-refractivity contribution in [2.45, 2.75) is 30.5 Å². The molecule has 158 valence electrons. The van der Waals surface area contributed by atoms with Gasteiger partial charge in [-0.25, -0.2) is 8.42 Å². The maximum absolute atomic E-state index is 12.7. The minimum absolute atomic E-state index is 0.0521. The van der Waals surface area contributed by atoms with Gasteiger partial charge in [-0.05, 0) is 36.8 Å². The highest BCUT2D eigenvalue weighted by Gasteiger charge is 2.33. The first-order valence-corrected chi connectivity index (χ1v) is 10.5. The van der Waals surface area contributed by atoms with Crippen LogP contribution in [0.3, 0.4) is 0 Å². The Bertz CT molecular complexity index is 920. The number of rotatable bonds is 6. The molecule has 7 nitrogen and oxygen atoms in total. The van der Waals surface area contributed by atoms with Crippen molar-refractivity contribution in [1.82, 2.24) is 19.0 Å². The molecule has 1 amide bonds. The molecule has 1 fully saturated rings. The third-order valence-corrected chi connectivity index (χ3v) is 6.66. The third kappa shape index (κ3) is 5.15. The Labute approximate surface area is 166 Å². The summed E-state index contributed by atoms with van der Waals surface area (Å²) < 4.78 is 66.2. The predicted molar refractivity (Wildman–Crippen MR) is 98.2 cm³/mol. The Hall–Kier alpha value is -2.40. The highest BCUT2D eigenvalue weighted by atomic mass is 32.2. The standard InChI is InChI=1S/C18H21F3N4O3S/c19-18(20,21)15-4-6-16(7-5-15)29(27,28)25-13-11-23(12-14-25)17(26)3-1-9-24-10-2-8-22-24/h2,4-8,10H,1,3,9,11-14H2. The number of nitrogens with zero attached hydrogens (tertiary/aromatic N) is 4. The first-order valence-electron chi connectivity index (χ1n) is 9.10. The van der Waals surface area contributed by atoms with Gasteiger partial charge in [0.15, 0.2) is 0 Å². The molecule has 11 heteroatoms. The van der Waals surface area contributed by atoms with Crippen LogP contribution >= 0.6 is 0 Å². The van der Waals surface area contributed by atoms with Crippen molar-refractivity contribution in [2.24, 2.45) is 0 Å². The van der Waals surface area contributed by atoms with E-state index < -0.39 is 21.8 Å². The Morgan fingerprint density at radius 1 is 1.07 bits per heavy atom. The monoisotopic (exact) mass is 430 g/mol. The second kappa shape index (κ2) is 8.54. The number of alkyl halides is 3. The van der Waals surface area contributed by atoms with Crippen LogP contribution in [0.15, 0.2) is 47.6 Å². The summed E-state index contributed by atoms with van der Waals surface area (Å²) in [4.78, 5) is 13.7. The number of amides is 1. The fourth-order valence-electron chi connectivity index (χ4n) is 3.13. The number of benzene rings is 1. The zero-order valence-corrected chi connectivity index (χ0v) is 16.4. The van der Waals surface area contributed by atoms with Crippen LogP contribution in [-0.2, 0) is 27.5 Å². The first-order chi connectivity index (χ1) is 13.7. The van der Waals surface area contributed by atoms with E-state index in [0.29, 0.717) is 19.4 Å². The average Bonchev–Trinajstić information content (AvgIpc) is 3.21. The van der Waals surface area contributed by atoms with Crippen molar-refractivity contribution >= 4 is 15.9 Å². The van der Waals surface area contributed by atoms with E-state index >= 15 is 0 Å². The summed E-state index contributed by atoms with van der Waals surface area (Å²) in [5.41, 5.74) is -0.901. The quantitative estimate of drug-likeness (QED) is 0.704. The lowest BCUT2D eigenvalue weighted by atomic mass is 10.2. The van der Waals surface area contributed by atoms with Gasteiger partial charge in [0.1, 0.15) is 0 Å². The van der Waals surface area contributed by atoms with Crippen molar-refractivity contribution in [3.05, 3.63) is 48.3 Å². The lowest BCUT2D eigenvalue weighted by Crippen LogP contribution is -2.50. The van der Waals surface area contributed by atoms with Crippen LogP contribution in [-0.4, -0.2) is 59.5 Å². The fourth-order valence-corrected chi connectivity index (χ4v) is 4.55.